The zero-order chi connectivity index (χ0) is 17.9. The number of hydrogen-bond donors (Lipinski definition) is 1. The lowest BCUT2D eigenvalue weighted by atomic mass is 9.99. The van der Waals surface area contributed by atoms with Gasteiger partial charge in [-0.2, -0.15) is 0 Å². The van der Waals surface area contributed by atoms with Crippen molar-refractivity contribution in [2.45, 2.75) is 45.3 Å². The van der Waals surface area contributed by atoms with Gasteiger partial charge in [-0.05, 0) is 37.3 Å². The number of nitrogens with one attached hydrogen (secondary N) is 1. The Bertz CT molecular complexity index is 769. The molecule has 0 radical (unpaired) electrons. The van der Waals surface area contributed by atoms with Gasteiger partial charge in [0.25, 0.3) is 0 Å². The Hall–Kier alpha value is -1.92. The number of nitrogens with zero attached hydrogens (tertiary/aromatic N) is 3. The zero-order valence-corrected chi connectivity index (χ0v) is 16.1. The molecule has 4 rings (SSSR count). The Morgan fingerprint density at radius 2 is 2.00 bits per heavy atom. The van der Waals surface area contributed by atoms with Crippen molar-refractivity contribution in [2.24, 2.45) is 0 Å². The van der Waals surface area contributed by atoms with Crippen LogP contribution in [0, 0.1) is 0 Å². The van der Waals surface area contributed by atoms with Crippen LogP contribution in [0.5, 0.6) is 0 Å². The molecule has 2 aliphatic rings. The standard InChI is InChI=1S/C20H26N4OS/c1-15(24-11-8-16-6-2-3-7-17(16)13-24)19(25)21-12-18-14-26-20(22-18)23-9-4-5-10-23/h2-3,6-7,14-15H,4-5,8-13H2,1H3,(H,21,25)/t15-/m1/s1. The van der Waals surface area contributed by atoms with E-state index in [0.29, 0.717) is 6.54 Å². The lowest BCUT2D eigenvalue weighted by Crippen LogP contribution is -2.46. The Balaban J connectivity index is 1.31. The van der Waals surface area contributed by atoms with Crippen LogP contribution >= 0.6 is 11.3 Å². The molecular formula is C20H26N4OS. The molecule has 0 aliphatic carbocycles. The number of carbonyl (C=O) groups is 1. The topological polar surface area (TPSA) is 48.5 Å². The van der Waals surface area contributed by atoms with E-state index in [1.54, 1.807) is 11.3 Å². The van der Waals surface area contributed by atoms with Gasteiger partial charge in [0, 0.05) is 31.6 Å². The predicted octanol–water partition coefficient (Wildman–Crippen LogP) is 2.81. The van der Waals surface area contributed by atoms with Crippen LogP contribution in [0.4, 0.5) is 5.13 Å². The molecule has 1 aromatic carbocycles. The zero-order valence-electron chi connectivity index (χ0n) is 15.3. The third-order valence-corrected chi connectivity index (χ3v) is 6.40. The highest BCUT2D eigenvalue weighted by molar-refractivity contribution is 7.13. The Kier molecular flexibility index (Phi) is 5.22. The van der Waals surface area contributed by atoms with E-state index in [0.717, 1.165) is 43.4 Å². The molecule has 2 aromatic rings. The SMILES string of the molecule is C[C@H](C(=O)NCc1csc(N2CCCC2)n1)N1CCc2ccccc2C1. The van der Waals surface area contributed by atoms with Gasteiger partial charge in [0.1, 0.15) is 0 Å². The second-order valence-corrected chi connectivity index (χ2v) is 8.04. The first-order valence-corrected chi connectivity index (χ1v) is 10.4. The van der Waals surface area contributed by atoms with Gasteiger partial charge in [0.15, 0.2) is 5.13 Å². The maximum absolute atomic E-state index is 12.6. The monoisotopic (exact) mass is 370 g/mol. The smallest absolute Gasteiger partial charge is 0.237 e. The lowest BCUT2D eigenvalue weighted by molar-refractivity contribution is -0.126. The van der Waals surface area contributed by atoms with Crippen LogP contribution in [0.25, 0.3) is 0 Å². The molecule has 1 aromatic heterocycles. The Morgan fingerprint density at radius 1 is 1.23 bits per heavy atom. The first-order valence-electron chi connectivity index (χ1n) is 9.48. The summed E-state index contributed by atoms with van der Waals surface area (Å²) in [5.74, 6) is 0.0834. The van der Waals surface area contributed by atoms with E-state index >= 15 is 0 Å². The molecule has 0 saturated carbocycles. The highest BCUT2D eigenvalue weighted by Crippen LogP contribution is 2.24. The van der Waals surface area contributed by atoms with Crippen LogP contribution in [-0.4, -0.2) is 41.5 Å². The van der Waals surface area contributed by atoms with Crippen molar-refractivity contribution in [3.8, 4) is 0 Å². The number of thiazole rings is 1. The number of aromatic nitrogens is 1. The fourth-order valence-electron chi connectivity index (χ4n) is 3.77. The number of carbonyl (C=O) groups excluding carboxylic acids is 1. The van der Waals surface area contributed by atoms with Crippen molar-refractivity contribution in [1.82, 2.24) is 15.2 Å². The van der Waals surface area contributed by atoms with Gasteiger partial charge >= 0.3 is 0 Å². The molecule has 26 heavy (non-hydrogen) atoms. The molecule has 3 heterocycles. The molecule has 0 unspecified atom stereocenters. The number of benzene rings is 1. The fraction of sp³-hybridized carbons (Fsp3) is 0.500. The van der Waals surface area contributed by atoms with Crippen molar-refractivity contribution in [2.75, 3.05) is 24.5 Å². The van der Waals surface area contributed by atoms with Gasteiger partial charge in [-0.25, -0.2) is 4.98 Å². The molecule has 1 fully saturated rings. The normalized spacial score (nSPS) is 18.6. The molecule has 1 N–H and O–H groups in total. The number of fused-ring (bicyclic) bond motifs is 1. The quantitative estimate of drug-likeness (QED) is 0.879. The number of amides is 1. The van der Waals surface area contributed by atoms with Crippen molar-refractivity contribution in [1.29, 1.82) is 0 Å². The summed E-state index contributed by atoms with van der Waals surface area (Å²) in [5.41, 5.74) is 3.71. The van der Waals surface area contributed by atoms with Gasteiger partial charge in [-0.3, -0.25) is 9.69 Å². The summed E-state index contributed by atoms with van der Waals surface area (Å²) in [7, 11) is 0. The molecule has 1 atom stereocenters. The van der Waals surface area contributed by atoms with E-state index in [9.17, 15) is 4.79 Å². The van der Waals surface area contributed by atoms with E-state index in [2.05, 4.69) is 49.7 Å². The molecule has 5 nitrogen and oxygen atoms in total. The van der Waals surface area contributed by atoms with E-state index in [1.165, 1.54) is 24.0 Å². The molecule has 1 saturated heterocycles. The maximum atomic E-state index is 12.6. The van der Waals surface area contributed by atoms with Crippen LogP contribution in [-0.2, 0) is 24.3 Å². The molecule has 0 spiro atoms. The number of hydrogen-bond acceptors (Lipinski definition) is 5. The largest absolute Gasteiger partial charge is 0.349 e. The summed E-state index contributed by atoms with van der Waals surface area (Å²) in [6.07, 6.45) is 3.52. The number of anilines is 1. The average molecular weight is 371 g/mol. The summed E-state index contributed by atoms with van der Waals surface area (Å²) >= 11 is 1.68. The Labute approximate surface area is 159 Å². The highest BCUT2D eigenvalue weighted by atomic mass is 32.1. The average Bonchev–Trinajstić information content (AvgIpc) is 3.36. The second kappa shape index (κ2) is 7.76. The van der Waals surface area contributed by atoms with Crippen molar-refractivity contribution < 1.29 is 4.79 Å². The molecule has 138 valence electrons. The molecular weight excluding hydrogens is 344 g/mol. The first-order chi connectivity index (χ1) is 12.7. The minimum absolute atomic E-state index is 0.0834. The summed E-state index contributed by atoms with van der Waals surface area (Å²) in [6, 6.07) is 8.40. The minimum Gasteiger partial charge on any atom is -0.349 e. The third-order valence-electron chi connectivity index (χ3n) is 5.45. The molecule has 0 bridgehead atoms. The van der Waals surface area contributed by atoms with E-state index in [4.69, 9.17) is 0 Å². The van der Waals surface area contributed by atoms with E-state index in [1.807, 2.05) is 6.92 Å². The van der Waals surface area contributed by atoms with Gasteiger partial charge in [-0.1, -0.05) is 24.3 Å². The predicted molar refractivity (Wildman–Crippen MR) is 105 cm³/mol. The van der Waals surface area contributed by atoms with Crippen molar-refractivity contribution >= 4 is 22.4 Å². The van der Waals surface area contributed by atoms with Crippen LogP contribution < -0.4 is 10.2 Å². The lowest BCUT2D eigenvalue weighted by Gasteiger charge is -2.32. The summed E-state index contributed by atoms with van der Waals surface area (Å²) in [5, 5.41) is 6.22. The van der Waals surface area contributed by atoms with Gasteiger partial charge in [0.05, 0.1) is 18.3 Å². The van der Waals surface area contributed by atoms with Gasteiger partial charge in [0.2, 0.25) is 5.91 Å². The van der Waals surface area contributed by atoms with Gasteiger partial charge in [-0.15, -0.1) is 11.3 Å². The second-order valence-electron chi connectivity index (χ2n) is 7.20. The minimum atomic E-state index is -0.125. The molecule has 2 aliphatic heterocycles. The van der Waals surface area contributed by atoms with E-state index in [-0.39, 0.29) is 11.9 Å². The van der Waals surface area contributed by atoms with E-state index < -0.39 is 0 Å². The molecule has 6 heteroatoms. The summed E-state index contributed by atoms with van der Waals surface area (Å²) in [6.45, 7) is 6.50. The maximum Gasteiger partial charge on any atom is 0.237 e. The first kappa shape index (κ1) is 17.5. The van der Waals surface area contributed by atoms with Crippen LogP contribution in [0.3, 0.4) is 0 Å². The number of rotatable bonds is 5. The highest BCUT2D eigenvalue weighted by Gasteiger charge is 2.25. The summed E-state index contributed by atoms with van der Waals surface area (Å²) < 4.78 is 0. The fourth-order valence-corrected chi connectivity index (χ4v) is 4.65. The summed E-state index contributed by atoms with van der Waals surface area (Å²) in [4.78, 5) is 21.9. The van der Waals surface area contributed by atoms with Crippen LogP contribution in [0.15, 0.2) is 29.6 Å². The van der Waals surface area contributed by atoms with Crippen molar-refractivity contribution in [3.63, 3.8) is 0 Å². The third kappa shape index (κ3) is 3.76. The van der Waals surface area contributed by atoms with Gasteiger partial charge < -0.3 is 10.2 Å². The molecule has 1 amide bonds. The van der Waals surface area contributed by atoms with Crippen LogP contribution in [0.2, 0.25) is 0 Å². The van der Waals surface area contributed by atoms with Crippen molar-refractivity contribution in [3.05, 3.63) is 46.5 Å². The Morgan fingerprint density at radius 3 is 2.81 bits per heavy atom. The van der Waals surface area contributed by atoms with Crippen LogP contribution in [0.1, 0.15) is 36.6 Å².